The summed E-state index contributed by atoms with van der Waals surface area (Å²) < 4.78 is 4.82. The van der Waals surface area contributed by atoms with Crippen molar-refractivity contribution in [1.82, 2.24) is 4.98 Å². The van der Waals surface area contributed by atoms with Gasteiger partial charge in [-0.15, -0.1) is 0 Å². The van der Waals surface area contributed by atoms with E-state index in [4.69, 9.17) is 20.5 Å². The maximum absolute atomic E-state index is 8.74. The summed E-state index contributed by atoms with van der Waals surface area (Å²) in [6.45, 7) is 0. The molecule has 5 nitrogen and oxygen atoms in total. The number of ether oxygens (including phenoxy) is 1. The number of nitrogen functional groups attached to an aromatic ring is 1. The molecule has 0 spiro atoms. The predicted octanol–water partition coefficient (Wildman–Crippen LogP) is -1.65. The van der Waals surface area contributed by atoms with Crippen LogP contribution >= 0.6 is 0 Å². The average Bonchev–Trinajstić information content (AvgIpc) is 2.03. The minimum Gasteiger partial charge on any atom is -0.495 e. The van der Waals surface area contributed by atoms with Crippen LogP contribution in [0.3, 0.4) is 0 Å². The summed E-state index contributed by atoms with van der Waals surface area (Å²) in [6, 6.07) is 1.47. The van der Waals surface area contributed by atoms with Gasteiger partial charge in [-0.1, -0.05) is 0 Å². The topological polar surface area (TPSA) is 88.6 Å². The van der Waals surface area contributed by atoms with Crippen LogP contribution in [0.15, 0.2) is 12.3 Å². The largest absolute Gasteiger partial charge is 0.510 e. The van der Waals surface area contributed by atoms with Gasteiger partial charge in [0.25, 0.3) is 0 Å². The summed E-state index contributed by atoms with van der Waals surface area (Å²) in [6.07, 6.45) is 1.37. The molecule has 0 aliphatic carbocycles. The fraction of sp³-hybridized carbons (Fsp3) is 0.167. The van der Waals surface area contributed by atoms with Crippen LogP contribution in [0.2, 0.25) is 0 Å². The number of rotatable bonds is 2. The Hall–Kier alpha value is -1.27. The van der Waals surface area contributed by atoms with E-state index in [2.05, 4.69) is 4.98 Å². The van der Waals surface area contributed by atoms with Crippen molar-refractivity contribution in [3.8, 4) is 5.75 Å². The second-order valence-electron chi connectivity index (χ2n) is 2.22. The molecule has 0 aliphatic heterocycles. The zero-order valence-corrected chi connectivity index (χ0v) is 6.56. The SMILES string of the molecule is COc1cnc(B(O)O)c(N)c1. The summed E-state index contributed by atoms with van der Waals surface area (Å²) in [5.74, 6) is 0.483. The molecule has 1 heterocycles. The highest BCUT2D eigenvalue weighted by molar-refractivity contribution is 6.59. The second kappa shape index (κ2) is 3.42. The van der Waals surface area contributed by atoms with E-state index in [0.717, 1.165) is 0 Å². The van der Waals surface area contributed by atoms with Gasteiger partial charge >= 0.3 is 7.12 Å². The number of pyridine rings is 1. The van der Waals surface area contributed by atoms with Gasteiger partial charge in [0.1, 0.15) is 5.75 Å². The third-order valence-corrected chi connectivity index (χ3v) is 1.40. The van der Waals surface area contributed by atoms with Gasteiger partial charge in [-0.2, -0.15) is 0 Å². The third kappa shape index (κ3) is 1.66. The fourth-order valence-corrected chi connectivity index (χ4v) is 0.800. The lowest BCUT2D eigenvalue weighted by molar-refractivity contribution is 0.412. The first kappa shape index (κ1) is 8.83. The van der Waals surface area contributed by atoms with Gasteiger partial charge in [-0.05, 0) is 0 Å². The fourth-order valence-electron chi connectivity index (χ4n) is 0.800. The molecular weight excluding hydrogens is 159 g/mol. The molecular formula is C6H9BN2O3. The first-order valence-electron chi connectivity index (χ1n) is 3.30. The maximum atomic E-state index is 8.74. The summed E-state index contributed by atoms with van der Waals surface area (Å²) >= 11 is 0. The molecule has 1 rings (SSSR count). The van der Waals surface area contributed by atoms with E-state index in [1.807, 2.05) is 0 Å². The Kier molecular flexibility index (Phi) is 2.52. The lowest BCUT2D eigenvalue weighted by atomic mass is 9.84. The molecule has 0 fully saturated rings. The number of methoxy groups -OCH3 is 1. The molecule has 12 heavy (non-hydrogen) atoms. The van der Waals surface area contributed by atoms with Crippen LogP contribution in [0.5, 0.6) is 5.75 Å². The van der Waals surface area contributed by atoms with Crippen LogP contribution in [0.1, 0.15) is 0 Å². The number of nitrogens with zero attached hydrogens (tertiary/aromatic N) is 1. The third-order valence-electron chi connectivity index (χ3n) is 1.40. The molecule has 0 saturated carbocycles. The molecule has 0 amide bonds. The van der Waals surface area contributed by atoms with E-state index in [1.165, 1.54) is 19.4 Å². The Bertz CT molecular complexity index is 279. The number of nitrogens with two attached hydrogens (primary N) is 1. The number of hydrogen-bond acceptors (Lipinski definition) is 5. The van der Waals surface area contributed by atoms with E-state index >= 15 is 0 Å². The van der Waals surface area contributed by atoms with Crippen molar-refractivity contribution in [2.75, 3.05) is 12.8 Å². The van der Waals surface area contributed by atoms with Gasteiger partial charge in [0.15, 0.2) is 0 Å². The van der Waals surface area contributed by atoms with Crippen molar-refractivity contribution in [3.05, 3.63) is 12.3 Å². The van der Waals surface area contributed by atoms with Gasteiger partial charge in [0.05, 0.1) is 24.6 Å². The van der Waals surface area contributed by atoms with E-state index < -0.39 is 7.12 Å². The van der Waals surface area contributed by atoms with E-state index in [9.17, 15) is 0 Å². The monoisotopic (exact) mass is 168 g/mol. The summed E-state index contributed by atoms with van der Waals surface area (Å²) in [5, 5.41) is 17.5. The summed E-state index contributed by atoms with van der Waals surface area (Å²) in [7, 11) is -0.165. The maximum Gasteiger partial charge on any atom is 0.510 e. The van der Waals surface area contributed by atoms with Gasteiger partial charge in [-0.3, -0.25) is 4.98 Å². The highest BCUT2D eigenvalue weighted by atomic mass is 16.5. The second-order valence-corrected chi connectivity index (χ2v) is 2.22. The molecule has 64 valence electrons. The molecule has 0 atom stereocenters. The van der Waals surface area contributed by atoms with Crippen LogP contribution in [-0.4, -0.2) is 29.3 Å². The normalized spacial score (nSPS) is 9.58. The number of hydrogen-bond donors (Lipinski definition) is 3. The average molecular weight is 168 g/mol. The first-order valence-corrected chi connectivity index (χ1v) is 3.30. The molecule has 0 bridgehead atoms. The van der Waals surface area contributed by atoms with E-state index in [1.54, 1.807) is 0 Å². The summed E-state index contributed by atoms with van der Waals surface area (Å²) in [4.78, 5) is 3.70. The Labute approximate surface area is 70.0 Å². The Balaban J connectivity index is 3.03. The van der Waals surface area contributed by atoms with E-state index in [0.29, 0.717) is 5.75 Å². The van der Waals surface area contributed by atoms with Crippen molar-refractivity contribution in [2.24, 2.45) is 0 Å². The zero-order valence-electron chi connectivity index (χ0n) is 6.56. The smallest absolute Gasteiger partial charge is 0.495 e. The van der Waals surface area contributed by atoms with E-state index in [-0.39, 0.29) is 11.3 Å². The first-order chi connectivity index (χ1) is 5.65. The Morgan fingerprint density at radius 2 is 2.25 bits per heavy atom. The highest BCUT2D eigenvalue weighted by Gasteiger charge is 2.16. The molecule has 1 aromatic rings. The zero-order chi connectivity index (χ0) is 9.14. The van der Waals surface area contributed by atoms with Crippen molar-refractivity contribution in [2.45, 2.75) is 0 Å². The van der Waals surface area contributed by atoms with Gasteiger partial charge in [0, 0.05) is 6.07 Å². The molecule has 1 aromatic heterocycles. The van der Waals surface area contributed by atoms with Crippen molar-refractivity contribution >= 4 is 18.4 Å². The molecule has 0 aromatic carbocycles. The minimum absolute atomic E-state index is 0.0378. The molecule has 6 heteroatoms. The predicted molar refractivity (Wildman–Crippen MR) is 45.0 cm³/mol. The summed E-state index contributed by atoms with van der Waals surface area (Å²) in [5.41, 5.74) is 5.67. The number of anilines is 1. The van der Waals surface area contributed by atoms with Crippen LogP contribution < -0.4 is 16.1 Å². The molecule has 0 aliphatic rings. The quantitative estimate of drug-likeness (QED) is 0.460. The van der Waals surface area contributed by atoms with Crippen LogP contribution in [-0.2, 0) is 0 Å². The van der Waals surface area contributed by atoms with Crippen molar-refractivity contribution in [1.29, 1.82) is 0 Å². The Morgan fingerprint density at radius 3 is 2.67 bits per heavy atom. The minimum atomic E-state index is -1.64. The standard InChI is InChI=1S/C6H9BN2O3/c1-12-4-2-5(8)6(7(10)11)9-3-4/h2-3,10-11H,8H2,1H3. The van der Waals surface area contributed by atoms with Gasteiger partial charge in [-0.25, -0.2) is 0 Å². The highest BCUT2D eigenvalue weighted by Crippen LogP contribution is 2.09. The van der Waals surface area contributed by atoms with Crippen LogP contribution in [0.25, 0.3) is 0 Å². The molecule has 0 unspecified atom stereocenters. The lowest BCUT2D eigenvalue weighted by Gasteiger charge is -2.04. The molecule has 0 saturated heterocycles. The molecule has 0 radical (unpaired) electrons. The lowest BCUT2D eigenvalue weighted by Crippen LogP contribution is -2.34. The number of aromatic nitrogens is 1. The Morgan fingerprint density at radius 1 is 1.58 bits per heavy atom. The van der Waals surface area contributed by atoms with Crippen molar-refractivity contribution < 1.29 is 14.8 Å². The van der Waals surface area contributed by atoms with Crippen LogP contribution in [0, 0.1) is 0 Å². The van der Waals surface area contributed by atoms with Crippen LogP contribution in [0.4, 0.5) is 5.69 Å². The van der Waals surface area contributed by atoms with Crippen molar-refractivity contribution in [3.63, 3.8) is 0 Å². The molecule has 4 N–H and O–H groups in total. The van der Waals surface area contributed by atoms with Gasteiger partial charge in [0.2, 0.25) is 0 Å². The van der Waals surface area contributed by atoms with Gasteiger partial charge < -0.3 is 20.5 Å².